The predicted octanol–water partition coefficient (Wildman–Crippen LogP) is 2.78. The van der Waals surface area contributed by atoms with Gasteiger partial charge in [-0.2, -0.15) is 0 Å². The van der Waals surface area contributed by atoms with Crippen LogP contribution in [0.15, 0.2) is 24.4 Å². The number of aromatic nitrogens is 1. The first-order valence-electron chi connectivity index (χ1n) is 8.32. The van der Waals surface area contributed by atoms with E-state index >= 15 is 0 Å². The Bertz CT molecular complexity index is 708. The number of aryl methyl sites for hydroxylation is 2. The maximum absolute atomic E-state index is 12.3. The quantitative estimate of drug-likeness (QED) is 0.905. The van der Waals surface area contributed by atoms with Crippen molar-refractivity contribution in [3.05, 3.63) is 45.3 Å². The Morgan fingerprint density at radius 2 is 2.17 bits per heavy atom. The summed E-state index contributed by atoms with van der Waals surface area (Å²) in [5.41, 5.74) is 2.26. The summed E-state index contributed by atoms with van der Waals surface area (Å²) >= 11 is 1.58. The summed E-state index contributed by atoms with van der Waals surface area (Å²) in [5, 5.41) is 3.01. The van der Waals surface area contributed by atoms with Crippen LogP contribution in [0.4, 0.5) is 5.82 Å². The second-order valence-corrected chi connectivity index (χ2v) is 7.01. The Labute approximate surface area is 146 Å². The topological polar surface area (TPSA) is 54.5 Å². The van der Waals surface area contributed by atoms with Gasteiger partial charge in [-0.3, -0.25) is 4.79 Å². The Hall–Kier alpha value is -1.92. The molecule has 0 unspecified atom stereocenters. The molecule has 0 aliphatic carbocycles. The number of amides is 1. The number of carbonyl (C=O) groups is 1. The summed E-state index contributed by atoms with van der Waals surface area (Å²) in [4.78, 5) is 21.1. The van der Waals surface area contributed by atoms with Gasteiger partial charge in [-0.05, 0) is 42.7 Å². The number of nitrogens with one attached hydrogen (secondary N) is 1. The van der Waals surface area contributed by atoms with E-state index in [0.717, 1.165) is 49.0 Å². The minimum absolute atomic E-state index is 0.00691. The molecule has 5 nitrogen and oxygen atoms in total. The van der Waals surface area contributed by atoms with Gasteiger partial charge in [0.1, 0.15) is 5.82 Å². The van der Waals surface area contributed by atoms with Gasteiger partial charge in [0.2, 0.25) is 0 Å². The highest BCUT2D eigenvalue weighted by atomic mass is 32.1. The molecule has 3 heterocycles. The van der Waals surface area contributed by atoms with Crippen LogP contribution in [0.25, 0.3) is 0 Å². The molecule has 1 aliphatic rings. The van der Waals surface area contributed by atoms with Crippen LogP contribution < -0.4 is 10.2 Å². The Morgan fingerprint density at radius 1 is 1.38 bits per heavy atom. The minimum Gasteiger partial charge on any atom is -0.378 e. The van der Waals surface area contributed by atoms with Gasteiger partial charge in [0, 0.05) is 30.7 Å². The summed E-state index contributed by atoms with van der Waals surface area (Å²) in [6, 6.07) is 5.97. The Balaban J connectivity index is 1.62. The lowest BCUT2D eigenvalue weighted by molar-refractivity contribution is 0.0955. The first-order chi connectivity index (χ1) is 11.7. The SMILES string of the molecule is CCc1sc(C(=O)NCc2ccnc(N3CCOCC3)c2)cc1C. The summed E-state index contributed by atoms with van der Waals surface area (Å²) in [6.07, 6.45) is 2.77. The van der Waals surface area contributed by atoms with Crippen molar-refractivity contribution < 1.29 is 9.53 Å². The fraction of sp³-hybridized carbons (Fsp3) is 0.444. The average molecular weight is 345 g/mol. The largest absolute Gasteiger partial charge is 0.378 e. The summed E-state index contributed by atoms with van der Waals surface area (Å²) < 4.78 is 5.37. The molecule has 0 spiro atoms. The minimum atomic E-state index is -0.00691. The van der Waals surface area contributed by atoms with Gasteiger partial charge in [-0.25, -0.2) is 4.98 Å². The number of hydrogen-bond acceptors (Lipinski definition) is 5. The standard InChI is InChI=1S/C18H23N3O2S/c1-3-15-13(2)10-16(24-15)18(22)20-12-14-4-5-19-17(11-14)21-6-8-23-9-7-21/h4-5,10-11H,3,6-9,12H2,1-2H3,(H,20,22). The van der Waals surface area contributed by atoms with Crippen molar-refractivity contribution in [3.8, 4) is 0 Å². The van der Waals surface area contributed by atoms with Crippen molar-refractivity contribution in [2.45, 2.75) is 26.8 Å². The van der Waals surface area contributed by atoms with E-state index in [2.05, 4.69) is 29.0 Å². The summed E-state index contributed by atoms with van der Waals surface area (Å²) in [6.45, 7) is 7.87. The number of carbonyl (C=O) groups excluding carboxylic acids is 1. The zero-order valence-electron chi connectivity index (χ0n) is 14.2. The lowest BCUT2D eigenvalue weighted by atomic mass is 10.2. The van der Waals surface area contributed by atoms with Gasteiger partial charge in [-0.1, -0.05) is 6.92 Å². The molecule has 1 fully saturated rings. The van der Waals surface area contributed by atoms with Crippen LogP contribution in [0.1, 0.15) is 32.6 Å². The maximum Gasteiger partial charge on any atom is 0.261 e. The molecular weight excluding hydrogens is 322 g/mol. The molecule has 1 saturated heterocycles. The molecular formula is C18H23N3O2S. The third kappa shape index (κ3) is 3.94. The van der Waals surface area contributed by atoms with E-state index in [9.17, 15) is 4.79 Å². The molecule has 128 valence electrons. The molecule has 6 heteroatoms. The number of morpholine rings is 1. The predicted molar refractivity (Wildman–Crippen MR) is 96.9 cm³/mol. The van der Waals surface area contributed by atoms with E-state index in [1.165, 1.54) is 10.4 Å². The number of pyridine rings is 1. The van der Waals surface area contributed by atoms with Crippen molar-refractivity contribution >= 4 is 23.1 Å². The van der Waals surface area contributed by atoms with Gasteiger partial charge < -0.3 is 15.0 Å². The molecule has 1 N–H and O–H groups in total. The molecule has 2 aromatic heterocycles. The van der Waals surface area contributed by atoms with Crippen molar-refractivity contribution in [1.82, 2.24) is 10.3 Å². The first kappa shape index (κ1) is 16.9. The molecule has 24 heavy (non-hydrogen) atoms. The average Bonchev–Trinajstić information content (AvgIpc) is 3.01. The normalized spacial score (nSPS) is 14.7. The summed E-state index contributed by atoms with van der Waals surface area (Å²) in [5.74, 6) is 0.942. The van der Waals surface area contributed by atoms with Crippen LogP contribution >= 0.6 is 11.3 Å². The highest BCUT2D eigenvalue weighted by Gasteiger charge is 2.14. The number of anilines is 1. The molecule has 3 rings (SSSR count). The molecule has 0 atom stereocenters. The van der Waals surface area contributed by atoms with Crippen LogP contribution in [0.2, 0.25) is 0 Å². The number of rotatable bonds is 5. The van der Waals surface area contributed by atoms with Gasteiger partial charge >= 0.3 is 0 Å². The molecule has 0 saturated carbocycles. The van der Waals surface area contributed by atoms with Crippen molar-refractivity contribution in [1.29, 1.82) is 0 Å². The van der Waals surface area contributed by atoms with Crippen molar-refractivity contribution in [2.75, 3.05) is 31.2 Å². The van der Waals surface area contributed by atoms with Gasteiger partial charge in [-0.15, -0.1) is 11.3 Å². The van der Waals surface area contributed by atoms with Crippen LogP contribution in [-0.2, 0) is 17.7 Å². The molecule has 2 aromatic rings. The number of ether oxygens (including phenoxy) is 1. The zero-order valence-corrected chi connectivity index (χ0v) is 15.0. The van der Waals surface area contributed by atoms with E-state index in [1.807, 2.05) is 18.2 Å². The highest BCUT2D eigenvalue weighted by Crippen LogP contribution is 2.22. The number of hydrogen-bond donors (Lipinski definition) is 1. The molecule has 0 bridgehead atoms. The zero-order chi connectivity index (χ0) is 16.9. The van der Waals surface area contributed by atoms with Crippen LogP contribution in [0, 0.1) is 6.92 Å². The molecule has 0 radical (unpaired) electrons. The summed E-state index contributed by atoms with van der Waals surface area (Å²) in [7, 11) is 0. The maximum atomic E-state index is 12.3. The van der Waals surface area contributed by atoms with E-state index in [-0.39, 0.29) is 5.91 Å². The number of nitrogens with zero attached hydrogens (tertiary/aromatic N) is 2. The van der Waals surface area contributed by atoms with Gasteiger partial charge in [0.25, 0.3) is 5.91 Å². The van der Waals surface area contributed by atoms with E-state index in [1.54, 1.807) is 17.5 Å². The molecule has 0 aromatic carbocycles. The smallest absolute Gasteiger partial charge is 0.261 e. The Morgan fingerprint density at radius 3 is 2.88 bits per heavy atom. The fourth-order valence-electron chi connectivity index (χ4n) is 2.79. The second-order valence-electron chi connectivity index (χ2n) is 5.87. The van der Waals surface area contributed by atoms with Crippen LogP contribution in [0.3, 0.4) is 0 Å². The molecule has 1 amide bonds. The van der Waals surface area contributed by atoms with Crippen LogP contribution in [-0.4, -0.2) is 37.2 Å². The third-order valence-electron chi connectivity index (χ3n) is 4.16. The van der Waals surface area contributed by atoms with Gasteiger partial charge in [0.15, 0.2) is 0 Å². The Kier molecular flexibility index (Phi) is 5.48. The molecule has 1 aliphatic heterocycles. The van der Waals surface area contributed by atoms with E-state index < -0.39 is 0 Å². The van der Waals surface area contributed by atoms with E-state index in [4.69, 9.17) is 4.74 Å². The van der Waals surface area contributed by atoms with Gasteiger partial charge in [0.05, 0.1) is 18.1 Å². The van der Waals surface area contributed by atoms with Crippen LogP contribution in [0.5, 0.6) is 0 Å². The highest BCUT2D eigenvalue weighted by molar-refractivity contribution is 7.14. The van der Waals surface area contributed by atoms with E-state index in [0.29, 0.717) is 6.54 Å². The first-order valence-corrected chi connectivity index (χ1v) is 9.14. The van der Waals surface area contributed by atoms with Crippen molar-refractivity contribution in [2.24, 2.45) is 0 Å². The fourth-order valence-corrected chi connectivity index (χ4v) is 3.82. The monoisotopic (exact) mass is 345 g/mol. The van der Waals surface area contributed by atoms with Crippen molar-refractivity contribution in [3.63, 3.8) is 0 Å². The lowest BCUT2D eigenvalue weighted by Gasteiger charge is -2.28. The second kappa shape index (κ2) is 7.77. The number of thiophene rings is 1. The lowest BCUT2D eigenvalue weighted by Crippen LogP contribution is -2.36. The third-order valence-corrected chi connectivity index (χ3v) is 5.54.